The van der Waals surface area contributed by atoms with Crippen LogP contribution < -0.4 is 5.32 Å². The van der Waals surface area contributed by atoms with Gasteiger partial charge in [0.15, 0.2) is 0 Å². The van der Waals surface area contributed by atoms with Gasteiger partial charge in [0.1, 0.15) is 5.76 Å². The normalized spacial score (nSPS) is 26.6. The number of ether oxygens (including phenoxy) is 2. The molecule has 2 atom stereocenters. The Morgan fingerprint density at radius 2 is 2.18 bits per heavy atom. The molecule has 1 amide bonds. The van der Waals surface area contributed by atoms with Crippen LogP contribution in [0, 0.1) is 5.41 Å². The molecule has 1 aliphatic heterocycles. The summed E-state index contributed by atoms with van der Waals surface area (Å²) in [5.41, 5.74) is 0.699. The van der Waals surface area contributed by atoms with Gasteiger partial charge in [0.25, 0.3) is 5.91 Å². The minimum Gasteiger partial charge on any atom is -0.469 e. The van der Waals surface area contributed by atoms with Gasteiger partial charge in [0.05, 0.1) is 17.9 Å². The van der Waals surface area contributed by atoms with E-state index in [1.165, 1.54) is 0 Å². The van der Waals surface area contributed by atoms with Crippen molar-refractivity contribution in [3.05, 3.63) is 23.7 Å². The molecule has 0 radical (unpaired) electrons. The molecule has 22 heavy (non-hydrogen) atoms. The summed E-state index contributed by atoms with van der Waals surface area (Å²) in [5, 5.41) is 3.21. The lowest BCUT2D eigenvalue weighted by Crippen LogP contribution is -2.66. The number of carbonyl (C=O) groups excluding carboxylic acids is 1. The SMILES string of the molecule is CCO[C@@H]1C[C@@H](NC(=O)c2ccoc2CC)C12CCOCC2. The topological polar surface area (TPSA) is 60.7 Å². The van der Waals surface area contributed by atoms with Gasteiger partial charge < -0.3 is 19.2 Å². The largest absolute Gasteiger partial charge is 0.469 e. The van der Waals surface area contributed by atoms with Gasteiger partial charge in [-0.15, -0.1) is 0 Å². The van der Waals surface area contributed by atoms with Crippen LogP contribution in [0.15, 0.2) is 16.7 Å². The van der Waals surface area contributed by atoms with Gasteiger partial charge in [-0.3, -0.25) is 4.79 Å². The van der Waals surface area contributed by atoms with E-state index >= 15 is 0 Å². The molecule has 1 saturated carbocycles. The van der Waals surface area contributed by atoms with Crippen LogP contribution >= 0.6 is 0 Å². The monoisotopic (exact) mass is 307 g/mol. The van der Waals surface area contributed by atoms with E-state index < -0.39 is 0 Å². The highest BCUT2D eigenvalue weighted by Gasteiger charge is 2.56. The molecule has 1 N–H and O–H groups in total. The molecule has 0 aromatic carbocycles. The van der Waals surface area contributed by atoms with Gasteiger partial charge in [-0.25, -0.2) is 0 Å². The molecular formula is C17H25NO4. The Kier molecular flexibility index (Phi) is 4.54. The average Bonchev–Trinajstić information content (AvgIpc) is 3.03. The molecule has 2 heterocycles. The van der Waals surface area contributed by atoms with Gasteiger partial charge in [0.2, 0.25) is 0 Å². The molecule has 0 bridgehead atoms. The minimum absolute atomic E-state index is 0.0311. The van der Waals surface area contributed by atoms with Crippen LogP contribution in [-0.2, 0) is 15.9 Å². The zero-order valence-electron chi connectivity index (χ0n) is 13.4. The fraction of sp³-hybridized carbons (Fsp3) is 0.706. The first-order chi connectivity index (χ1) is 10.7. The number of hydrogen-bond donors (Lipinski definition) is 1. The predicted molar refractivity (Wildman–Crippen MR) is 81.9 cm³/mol. The summed E-state index contributed by atoms with van der Waals surface area (Å²) in [6.07, 6.45) is 5.34. The first-order valence-electron chi connectivity index (χ1n) is 8.28. The molecule has 5 nitrogen and oxygen atoms in total. The van der Waals surface area contributed by atoms with Crippen molar-refractivity contribution in [1.29, 1.82) is 0 Å². The van der Waals surface area contributed by atoms with Crippen LogP contribution in [0.25, 0.3) is 0 Å². The number of aryl methyl sites for hydroxylation is 1. The zero-order chi connectivity index (χ0) is 15.6. The maximum atomic E-state index is 12.5. The Morgan fingerprint density at radius 1 is 1.41 bits per heavy atom. The van der Waals surface area contributed by atoms with Gasteiger partial charge >= 0.3 is 0 Å². The summed E-state index contributed by atoms with van der Waals surface area (Å²) in [7, 11) is 0. The number of hydrogen-bond acceptors (Lipinski definition) is 4. The number of amides is 1. The second-order valence-electron chi connectivity index (χ2n) is 6.16. The van der Waals surface area contributed by atoms with Crippen LogP contribution in [-0.4, -0.2) is 37.9 Å². The van der Waals surface area contributed by atoms with E-state index in [0.717, 1.165) is 51.3 Å². The zero-order valence-corrected chi connectivity index (χ0v) is 13.4. The second-order valence-corrected chi connectivity index (χ2v) is 6.16. The van der Waals surface area contributed by atoms with Crippen molar-refractivity contribution in [2.24, 2.45) is 5.41 Å². The van der Waals surface area contributed by atoms with Gasteiger partial charge in [-0.05, 0) is 32.3 Å². The lowest BCUT2D eigenvalue weighted by molar-refractivity contribution is -0.170. The first kappa shape index (κ1) is 15.6. The van der Waals surface area contributed by atoms with Crippen molar-refractivity contribution in [1.82, 2.24) is 5.32 Å². The van der Waals surface area contributed by atoms with E-state index in [9.17, 15) is 4.79 Å². The summed E-state index contributed by atoms with van der Waals surface area (Å²) in [6.45, 7) is 6.24. The van der Waals surface area contributed by atoms with Crippen molar-refractivity contribution in [3.63, 3.8) is 0 Å². The Labute approximate surface area is 131 Å². The Bertz CT molecular complexity index is 518. The molecule has 5 heteroatoms. The standard InChI is InChI=1S/C17H25NO4/c1-3-13-12(5-8-22-13)16(19)18-14-11-15(21-4-2)17(14)6-9-20-10-7-17/h5,8,14-15H,3-4,6-7,9-11H2,1-2H3,(H,18,19)/t14-,15-/m1/s1. The van der Waals surface area contributed by atoms with Gasteiger partial charge in [-0.1, -0.05) is 6.92 Å². The summed E-state index contributed by atoms with van der Waals surface area (Å²) >= 11 is 0. The van der Waals surface area contributed by atoms with Crippen molar-refractivity contribution in [3.8, 4) is 0 Å². The molecule has 0 unspecified atom stereocenters. The van der Waals surface area contributed by atoms with Crippen LogP contribution in [0.3, 0.4) is 0 Å². The van der Waals surface area contributed by atoms with Gasteiger partial charge in [0, 0.05) is 37.7 Å². The Hall–Kier alpha value is -1.33. The van der Waals surface area contributed by atoms with Gasteiger partial charge in [-0.2, -0.15) is 0 Å². The molecular weight excluding hydrogens is 282 g/mol. The molecule has 1 saturated heterocycles. The molecule has 1 spiro atoms. The summed E-state index contributed by atoms with van der Waals surface area (Å²) < 4.78 is 16.8. The first-order valence-corrected chi connectivity index (χ1v) is 8.28. The van der Waals surface area contributed by atoms with E-state index in [1.54, 1.807) is 12.3 Å². The Balaban J connectivity index is 1.70. The summed E-state index contributed by atoms with van der Waals surface area (Å²) in [4.78, 5) is 12.5. The summed E-state index contributed by atoms with van der Waals surface area (Å²) in [6, 6.07) is 1.92. The molecule has 3 rings (SSSR count). The van der Waals surface area contributed by atoms with E-state index in [2.05, 4.69) is 5.32 Å². The minimum atomic E-state index is -0.0311. The molecule has 2 fully saturated rings. The third-order valence-corrected chi connectivity index (χ3v) is 5.19. The van der Waals surface area contributed by atoms with E-state index in [-0.39, 0.29) is 23.5 Å². The lowest BCUT2D eigenvalue weighted by Gasteiger charge is -2.57. The van der Waals surface area contributed by atoms with E-state index in [4.69, 9.17) is 13.9 Å². The fourth-order valence-corrected chi connectivity index (χ4v) is 3.86. The van der Waals surface area contributed by atoms with E-state index in [0.29, 0.717) is 5.56 Å². The quantitative estimate of drug-likeness (QED) is 0.908. The van der Waals surface area contributed by atoms with Crippen LogP contribution in [0.5, 0.6) is 0 Å². The van der Waals surface area contributed by atoms with Crippen LogP contribution in [0.1, 0.15) is 49.2 Å². The summed E-state index contributed by atoms with van der Waals surface area (Å²) in [5.74, 6) is 0.718. The molecule has 2 aliphatic rings. The highest BCUT2D eigenvalue weighted by Crippen LogP contribution is 2.50. The van der Waals surface area contributed by atoms with Crippen LogP contribution in [0.2, 0.25) is 0 Å². The van der Waals surface area contributed by atoms with Crippen molar-refractivity contribution >= 4 is 5.91 Å². The van der Waals surface area contributed by atoms with Crippen molar-refractivity contribution < 1.29 is 18.7 Å². The molecule has 122 valence electrons. The maximum absolute atomic E-state index is 12.5. The number of rotatable bonds is 5. The maximum Gasteiger partial charge on any atom is 0.255 e. The second kappa shape index (κ2) is 6.42. The molecule has 1 aromatic heterocycles. The molecule has 1 aromatic rings. The fourth-order valence-electron chi connectivity index (χ4n) is 3.86. The van der Waals surface area contributed by atoms with Crippen LogP contribution in [0.4, 0.5) is 0 Å². The van der Waals surface area contributed by atoms with E-state index in [1.807, 2.05) is 13.8 Å². The number of nitrogens with one attached hydrogen (secondary N) is 1. The number of furan rings is 1. The third kappa shape index (κ3) is 2.57. The highest BCUT2D eigenvalue weighted by molar-refractivity contribution is 5.95. The average molecular weight is 307 g/mol. The predicted octanol–water partition coefficient (Wildman–Crippen LogP) is 2.55. The highest BCUT2D eigenvalue weighted by atomic mass is 16.5. The smallest absolute Gasteiger partial charge is 0.255 e. The lowest BCUT2D eigenvalue weighted by atomic mass is 9.57. The Morgan fingerprint density at radius 3 is 2.86 bits per heavy atom. The third-order valence-electron chi connectivity index (χ3n) is 5.19. The number of carbonyl (C=O) groups is 1. The molecule has 1 aliphatic carbocycles. The van der Waals surface area contributed by atoms with Crippen molar-refractivity contribution in [2.45, 2.75) is 51.7 Å². The van der Waals surface area contributed by atoms with Crippen molar-refractivity contribution in [2.75, 3.05) is 19.8 Å².